The first-order valence-electron chi connectivity index (χ1n) is 6.12. The fourth-order valence-corrected chi connectivity index (χ4v) is 2.25. The van der Waals surface area contributed by atoms with Gasteiger partial charge < -0.3 is 10.1 Å². The van der Waals surface area contributed by atoms with Gasteiger partial charge in [0.05, 0.1) is 0 Å². The second-order valence-corrected chi connectivity index (χ2v) is 4.75. The summed E-state index contributed by atoms with van der Waals surface area (Å²) in [5.41, 5.74) is 3.25. The number of anilines is 1. The summed E-state index contributed by atoms with van der Waals surface area (Å²) in [6, 6.07) is 6.11. The molecule has 1 heterocycles. The van der Waals surface area contributed by atoms with Crippen LogP contribution in [0.4, 0.5) is 5.69 Å². The van der Waals surface area contributed by atoms with Gasteiger partial charge in [0.2, 0.25) is 5.91 Å². The second-order valence-electron chi connectivity index (χ2n) is 4.75. The smallest absolute Gasteiger partial charge is 0.227 e. The molecular formula is C14H19NO2. The summed E-state index contributed by atoms with van der Waals surface area (Å²) in [6.07, 6.45) is 1.66. The average molecular weight is 233 g/mol. The molecule has 0 spiro atoms. The van der Waals surface area contributed by atoms with Gasteiger partial charge in [0.25, 0.3) is 0 Å². The number of carbonyl (C=O) groups is 1. The molecule has 92 valence electrons. The van der Waals surface area contributed by atoms with Gasteiger partial charge >= 0.3 is 0 Å². The molecular weight excluding hydrogens is 214 g/mol. The standard InChI is InChI=1S/C14H19NO2/c1-10-7-11(2)9-13(8-10)15-14(16)12-3-5-17-6-4-12/h7-9,12H,3-6H2,1-2H3,(H,15,16). The van der Waals surface area contributed by atoms with Gasteiger partial charge in [-0.25, -0.2) is 0 Å². The van der Waals surface area contributed by atoms with Crippen LogP contribution in [-0.2, 0) is 9.53 Å². The first kappa shape index (κ1) is 12.1. The molecule has 1 amide bonds. The van der Waals surface area contributed by atoms with Gasteiger partial charge in [-0.2, -0.15) is 0 Å². The van der Waals surface area contributed by atoms with Crippen molar-refractivity contribution in [2.45, 2.75) is 26.7 Å². The van der Waals surface area contributed by atoms with Crippen molar-refractivity contribution in [3.63, 3.8) is 0 Å². The van der Waals surface area contributed by atoms with Crippen molar-refractivity contribution in [1.82, 2.24) is 0 Å². The highest BCUT2D eigenvalue weighted by molar-refractivity contribution is 5.92. The van der Waals surface area contributed by atoms with Crippen LogP contribution in [-0.4, -0.2) is 19.1 Å². The number of ether oxygens (including phenoxy) is 1. The minimum absolute atomic E-state index is 0.101. The van der Waals surface area contributed by atoms with E-state index in [1.165, 1.54) is 11.1 Å². The van der Waals surface area contributed by atoms with E-state index in [4.69, 9.17) is 4.74 Å². The Hall–Kier alpha value is -1.35. The van der Waals surface area contributed by atoms with Gasteiger partial charge in [0.15, 0.2) is 0 Å². The van der Waals surface area contributed by atoms with Gasteiger partial charge in [-0.15, -0.1) is 0 Å². The Morgan fingerprint density at radius 3 is 2.35 bits per heavy atom. The molecule has 0 atom stereocenters. The van der Waals surface area contributed by atoms with Gasteiger partial charge in [0.1, 0.15) is 0 Å². The fourth-order valence-electron chi connectivity index (χ4n) is 2.25. The number of amides is 1. The number of hydrogen-bond donors (Lipinski definition) is 1. The monoisotopic (exact) mass is 233 g/mol. The van der Waals surface area contributed by atoms with E-state index in [0.29, 0.717) is 13.2 Å². The highest BCUT2D eigenvalue weighted by Crippen LogP contribution is 2.19. The van der Waals surface area contributed by atoms with E-state index in [9.17, 15) is 4.79 Å². The molecule has 2 rings (SSSR count). The van der Waals surface area contributed by atoms with Crippen LogP contribution in [0.1, 0.15) is 24.0 Å². The number of hydrogen-bond acceptors (Lipinski definition) is 2. The third-order valence-corrected chi connectivity index (χ3v) is 3.08. The lowest BCUT2D eigenvalue weighted by atomic mass is 9.99. The third kappa shape index (κ3) is 3.30. The number of nitrogens with one attached hydrogen (secondary N) is 1. The molecule has 3 nitrogen and oxygen atoms in total. The molecule has 3 heteroatoms. The largest absolute Gasteiger partial charge is 0.381 e. The molecule has 0 radical (unpaired) electrons. The van der Waals surface area contributed by atoms with E-state index in [1.54, 1.807) is 0 Å². The zero-order chi connectivity index (χ0) is 12.3. The van der Waals surface area contributed by atoms with Crippen molar-refractivity contribution >= 4 is 11.6 Å². The van der Waals surface area contributed by atoms with Crippen molar-refractivity contribution < 1.29 is 9.53 Å². The van der Waals surface area contributed by atoms with E-state index in [0.717, 1.165) is 18.5 Å². The van der Waals surface area contributed by atoms with Gasteiger partial charge in [0, 0.05) is 24.8 Å². The molecule has 0 unspecified atom stereocenters. The molecule has 0 aliphatic carbocycles. The van der Waals surface area contributed by atoms with Gasteiger partial charge in [-0.3, -0.25) is 4.79 Å². The van der Waals surface area contributed by atoms with Gasteiger partial charge in [-0.1, -0.05) is 6.07 Å². The summed E-state index contributed by atoms with van der Waals surface area (Å²) in [4.78, 5) is 12.0. The van der Waals surface area contributed by atoms with Crippen LogP contribution in [0.25, 0.3) is 0 Å². The van der Waals surface area contributed by atoms with Crippen molar-refractivity contribution in [3.05, 3.63) is 29.3 Å². The molecule has 1 aliphatic heterocycles. The van der Waals surface area contributed by atoms with Crippen molar-refractivity contribution in [1.29, 1.82) is 0 Å². The first-order chi connectivity index (χ1) is 8.15. The molecule has 0 bridgehead atoms. The molecule has 1 aliphatic rings. The third-order valence-electron chi connectivity index (χ3n) is 3.08. The van der Waals surface area contributed by atoms with Gasteiger partial charge in [-0.05, 0) is 49.9 Å². The second kappa shape index (κ2) is 5.32. The van der Waals surface area contributed by atoms with Crippen LogP contribution in [0.15, 0.2) is 18.2 Å². The molecule has 1 aromatic carbocycles. The Labute approximate surface area is 102 Å². The van der Waals surface area contributed by atoms with E-state index in [1.807, 2.05) is 26.0 Å². The molecule has 0 saturated carbocycles. The molecule has 17 heavy (non-hydrogen) atoms. The summed E-state index contributed by atoms with van der Waals surface area (Å²) < 4.78 is 5.26. The minimum Gasteiger partial charge on any atom is -0.381 e. The number of rotatable bonds is 2. The summed E-state index contributed by atoms with van der Waals surface area (Å²) in [5.74, 6) is 0.225. The van der Waals surface area contributed by atoms with Crippen LogP contribution in [0, 0.1) is 19.8 Å². The quantitative estimate of drug-likeness (QED) is 0.852. The fraction of sp³-hybridized carbons (Fsp3) is 0.500. The number of benzene rings is 1. The molecule has 1 fully saturated rings. The Kier molecular flexibility index (Phi) is 3.79. The maximum Gasteiger partial charge on any atom is 0.227 e. The Morgan fingerprint density at radius 1 is 1.18 bits per heavy atom. The van der Waals surface area contributed by atoms with Crippen LogP contribution in [0.3, 0.4) is 0 Å². The minimum atomic E-state index is 0.101. The highest BCUT2D eigenvalue weighted by Gasteiger charge is 2.21. The SMILES string of the molecule is Cc1cc(C)cc(NC(=O)C2CCOCC2)c1. The number of aryl methyl sites for hydroxylation is 2. The van der Waals surface area contributed by atoms with Crippen molar-refractivity contribution in [2.24, 2.45) is 5.92 Å². The zero-order valence-corrected chi connectivity index (χ0v) is 10.5. The van der Waals surface area contributed by atoms with Crippen molar-refractivity contribution in [2.75, 3.05) is 18.5 Å². The summed E-state index contributed by atoms with van der Waals surface area (Å²) in [6.45, 7) is 5.48. The Balaban J connectivity index is 2.01. The van der Waals surface area contributed by atoms with E-state index < -0.39 is 0 Å². The van der Waals surface area contributed by atoms with Crippen molar-refractivity contribution in [3.8, 4) is 0 Å². The molecule has 1 N–H and O–H groups in total. The predicted octanol–water partition coefficient (Wildman–Crippen LogP) is 2.67. The maximum atomic E-state index is 12.0. The Morgan fingerprint density at radius 2 is 1.76 bits per heavy atom. The Bertz CT molecular complexity index is 388. The predicted molar refractivity (Wildman–Crippen MR) is 68.1 cm³/mol. The molecule has 1 aromatic rings. The van der Waals surface area contributed by atoms with Crippen LogP contribution < -0.4 is 5.32 Å². The van der Waals surface area contributed by atoms with E-state index in [2.05, 4.69) is 11.4 Å². The van der Waals surface area contributed by atoms with Crippen LogP contribution in [0.2, 0.25) is 0 Å². The van der Waals surface area contributed by atoms with Crippen LogP contribution in [0.5, 0.6) is 0 Å². The topological polar surface area (TPSA) is 38.3 Å². The molecule has 0 aromatic heterocycles. The lowest BCUT2D eigenvalue weighted by Gasteiger charge is -2.21. The zero-order valence-electron chi connectivity index (χ0n) is 10.5. The molecule has 1 saturated heterocycles. The average Bonchev–Trinajstić information content (AvgIpc) is 2.28. The summed E-state index contributed by atoms with van der Waals surface area (Å²) in [7, 11) is 0. The summed E-state index contributed by atoms with van der Waals surface area (Å²) in [5, 5.41) is 3.00. The van der Waals surface area contributed by atoms with E-state index >= 15 is 0 Å². The summed E-state index contributed by atoms with van der Waals surface area (Å²) >= 11 is 0. The lowest BCUT2D eigenvalue weighted by molar-refractivity contribution is -0.122. The highest BCUT2D eigenvalue weighted by atomic mass is 16.5. The maximum absolute atomic E-state index is 12.0. The van der Waals surface area contributed by atoms with Crippen LogP contribution >= 0.6 is 0 Å². The first-order valence-corrected chi connectivity index (χ1v) is 6.12. The van der Waals surface area contributed by atoms with E-state index in [-0.39, 0.29) is 11.8 Å². The number of carbonyl (C=O) groups excluding carboxylic acids is 1. The normalized spacial score (nSPS) is 16.8. The lowest BCUT2D eigenvalue weighted by Crippen LogP contribution is -2.28.